The van der Waals surface area contributed by atoms with Crippen molar-refractivity contribution in [2.45, 2.75) is 5.92 Å². The van der Waals surface area contributed by atoms with Gasteiger partial charge in [-0.3, -0.25) is 4.79 Å². The molecule has 2 aromatic rings. The van der Waals surface area contributed by atoms with Crippen molar-refractivity contribution in [3.8, 4) is 6.07 Å². The van der Waals surface area contributed by atoms with Gasteiger partial charge < -0.3 is 10.6 Å². The van der Waals surface area contributed by atoms with Gasteiger partial charge in [-0.05, 0) is 5.56 Å². The van der Waals surface area contributed by atoms with Gasteiger partial charge in [0.1, 0.15) is 6.07 Å². The zero-order chi connectivity index (χ0) is 16.2. The van der Waals surface area contributed by atoms with Crippen LogP contribution < -0.4 is 5.73 Å². The van der Waals surface area contributed by atoms with E-state index in [0.29, 0.717) is 5.56 Å². The van der Waals surface area contributed by atoms with Crippen molar-refractivity contribution in [2.75, 3.05) is 0 Å². The smallest absolute Gasteiger partial charge is 0.228 e. The van der Waals surface area contributed by atoms with Gasteiger partial charge in [0.2, 0.25) is 5.88 Å². The summed E-state index contributed by atoms with van der Waals surface area (Å²) in [4.78, 5) is 17.9. The number of hydrogen-bond donors (Lipinski definition) is 1. The number of hydrogen-bond acceptors (Lipinski definition) is 5. The van der Waals surface area contributed by atoms with Crippen LogP contribution >= 0.6 is 0 Å². The maximum atomic E-state index is 12.9. The molecular formula is C18H13N3O2. The molecule has 0 amide bonds. The van der Waals surface area contributed by atoms with Crippen molar-refractivity contribution < 1.29 is 9.63 Å². The number of allylic oxidation sites excluding steroid dienone is 1. The molecule has 0 aromatic heterocycles. The van der Waals surface area contributed by atoms with Crippen LogP contribution in [0.2, 0.25) is 0 Å². The first-order valence-electron chi connectivity index (χ1n) is 7.01. The minimum atomic E-state index is -0.636. The van der Waals surface area contributed by atoms with Gasteiger partial charge in [-0.25, -0.2) is 0 Å². The van der Waals surface area contributed by atoms with E-state index in [1.165, 1.54) is 0 Å². The van der Waals surface area contributed by atoms with Crippen molar-refractivity contribution in [3.05, 3.63) is 83.2 Å². The fourth-order valence-electron chi connectivity index (χ4n) is 2.52. The van der Waals surface area contributed by atoms with Crippen LogP contribution in [0.15, 0.2) is 77.3 Å². The van der Waals surface area contributed by atoms with E-state index in [-0.39, 0.29) is 23.0 Å². The predicted octanol–water partition coefficient (Wildman–Crippen LogP) is 2.73. The van der Waals surface area contributed by atoms with Crippen molar-refractivity contribution >= 4 is 11.5 Å². The summed E-state index contributed by atoms with van der Waals surface area (Å²) in [5, 5.41) is 13.1. The predicted molar refractivity (Wildman–Crippen MR) is 85.3 cm³/mol. The van der Waals surface area contributed by atoms with Gasteiger partial charge in [-0.15, -0.1) is 0 Å². The third-order valence-corrected chi connectivity index (χ3v) is 3.60. The summed E-state index contributed by atoms with van der Waals surface area (Å²) in [6.07, 6.45) is 0. The monoisotopic (exact) mass is 303 g/mol. The number of rotatable bonds is 3. The third kappa shape index (κ3) is 2.70. The van der Waals surface area contributed by atoms with Gasteiger partial charge in [-0.1, -0.05) is 65.8 Å². The number of benzene rings is 2. The molecule has 0 bridgehead atoms. The zero-order valence-corrected chi connectivity index (χ0v) is 12.1. The third-order valence-electron chi connectivity index (χ3n) is 3.60. The lowest BCUT2D eigenvalue weighted by Gasteiger charge is -2.23. The Balaban J connectivity index is 2.12. The molecule has 5 heteroatoms. The summed E-state index contributed by atoms with van der Waals surface area (Å²) in [6.45, 7) is 0. The largest absolute Gasteiger partial charge is 0.367 e. The molecule has 0 saturated carbocycles. The highest BCUT2D eigenvalue weighted by molar-refractivity contribution is 6.17. The zero-order valence-electron chi connectivity index (χ0n) is 12.1. The highest BCUT2D eigenvalue weighted by atomic mass is 16.6. The average Bonchev–Trinajstić information content (AvgIpc) is 2.62. The summed E-state index contributed by atoms with van der Waals surface area (Å²) in [6, 6.07) is 19.9. The van der Waals surface area contributed by atoms with Gasteiger partial charge in [0.15, 0.2) is 11.5 Å². The summed E-state index contributed by atoms with van der Waals surface area (Å²) in [5.74, 6) is -0.992. The van der Waals surface area contributed by atoms with Gasteiger partial charge in [0.05, 0.1) is 11.5 Å². The average molecular weight is 303 g/mol. The standard InChI is InChI=1S/C18H13N3O2/c19-11-14-15(12-7-3-1-4-8-12)16(18(20)23-21-14)17(22)13-9-5-2-6-10-13/h1-10,15H,20H2. The van der Waals surface area contributed by atoms with Crippen LogP contribution in [0.4, 0.5) is 0 Å². The fourth-order valence-corrected chi connectivity index (χ4v) is 2.52. The number of oxime groups is 1. The number of Topliss-reactive ketones (excluding diaryl/α,β-unsaturated/α-hetero) is 1. The van der Waals surface area contributed by atoms with Crippen molar-refractivity contribution in [2.24, 2.45) is 10.9 Å². The molecule has 2 N–H and O–H groups in total. The van der Waals surface area contributed by atoms with Crippen LogP contribution in [0.3, 0.4) is 0 Å². The van der Waals surface area contributed by atoms with E-state index in [9.17, 15) is 10.1 Å². The molecule has 23 heavy (non-hydrogen) atoms. The van der Waals surface area contributed by atoms with Gasteiger partial charge in [0.25, 0.3) is 0 Å². The topological polar surface area (TPSA) is 88.5 Å². The number of nitriles is 1. The summed E-state index contributed by atoms with van der Waals surface area (Å²) >= 11 is 0. The van der Waals surface area contributed by atoms with Gasteiger partial charge >= 0.3 is 0 Å². The Labute approximate surface area is 133 Å². The molecule has 0 radical (unpaired) electrons. The van der Waals surface area contributed by atoms with Crippen LogP contribution in [-0.4, -0.2) is 11.5 Å². The molecule has 1 aliphatic heterocycles. The van der Waals surface area contributed by atoms with Crippen molar-refractivity contribution in [1.29, 1.82) is 5.26 Å². The molecule has 112 valence electrons. The molecule has 2 aromatic carbocycles. The Morgan fingerprint density at radius 3 is 2.30 bits per heavy atom. The van der Waals surface area contributed by atoms with Crippen molar-refractivity contribution in [1.82, 2.24) is 0 Å². The normalized spacial score (nSPS) is 17.0. The number of nitrogens with zero attached hydrogens (tertiary/aromatic N) is 2. The second kappa shape index (κ2) is 6.16. The molecule has 0 spiro atoms. The second-order valence-corrected chi connectivity index (χ2v) is 5.00. The Morgan fingerprint density at radius 2 is 1.70 bits per heavy atom. The van der Waals surface area contributed by atoms with Crippen molar-refractivity contribution in [3.63, 3.8) is 0 Å². The SMILES string of the molecule is N#CC1=NOC(N)=C(C(=O)c2ccccc2)C1c1ccccc1. The van der Waals surface area contributed by atoms with E-state index in [4.69, 9.17) is 10.6 Å². The van der Waals surface area contributed by atoms with E-state index >= 15 is 0 Å². The number of ketones is 1. The van der Waals surface area contributed by atoms with E-state index in [1.54, 1.807) is 24.3 Å². The number of nitrogens with two attached hydrogens (primary N) is 1. The summed E-state index contributed by atoms with van der Waals surface area (Å²) in [7, 11) is 0. The lowest BCUT2D eigenvalue weighted by molar-refractivity contribution is 0.101. The molecule has 1 atom stereocenters. The first-order valence-corrected chi connectivity index (χ1v) is 7.01. The fraction of sp³-hybridized carbons (Fsp3) is 0.0556. The molecule has 1 heterocycles. The Hall–Kier alpha value is -3.39. The first kappa shape index (κ1) is 14.5. The van der Waals surface area contributed by atoms with Crippen LogP contribution in [-0.2, 0) is 4.84 Å². The van der Waals surface area contributed by atoms with Gasteiger partial charge in [-0.2, -0.15) is 5.26 Å². The molecule has 5 nitrogen and oxygen atoms in total. The highest BCUT2D eigenvalue weighted by Crippen LogP contribution is 2.33. The second-order valence-electron chi connectivity index (χ2n) is 5.00. The highest BCUT2D eigenvalue weighted by Gasteiger charge is 2.35. The number of carbonyl (C=O) groups is 1. The molecule has 0 fully saturated rings. The quantitative estimate of drug-likeness (QED) is 0.883. The van der Waals surface area contributed by atoms with Crippen LogP contribution in [0.25, 0.3) is 0 Å². The molecule has 0 saturated heterocycles. The maximum absolute atomic E-state index is 12.9. The summed E-state index contributed by atoms with van der Waals surface area (Å²) < 4.78 is 0. The molecule has 3 rings (SSSR count). The summed E-state index contributed by atoms with van der Waals surface area (Å²) in [5.41, 5.74) is 7.46. The Kier molecular flexibility index (Phi) is 3.89. The Bertz CT molecular complexity index is 834. The first-order chi connectivity index (χ1) is 11.2. The van der Waals surface area contributed by atoms with Crippen LogP contribution in [0, 0.1) is 11.3 Å². The molecule has 1 unspecified atom stereocenters. The number of carbonyl (C=O) groups excluding carboxylic acids is 1. The lowest BCUT2D eigenvalue weighted by atomic mass is 9.83. The van der Waals surface area contributed by atoms with Crippen LogP contribution in [0.5, 0.6) is 0 Å². The van der Waals surface area contributed by atoms with E-state index in [2.05, 4.69) is 5.16 Å². The molecular weight excluding hydrogens is 290 g/mol. The van der Waals surface area contributed by atoms with Gasteiger partial charge in [0, 0.05) is 5.56 Å². The minimum Gasteiger partial charge on any atom is -0.367 e. The maximum Gasteiger partial charge on any atom is 0.228 e. The minimum absolute atomic E-state index is 0.0771. The molecule has 0 aliphatic carbocycles. The van der Waals surface area contributed by atoms with E-state index in [1.807, 2.05) is 42.5 Å². The van der Waals surface area contributed by atoms with Crippen LogP contribution in [0.1, 0.15) is 21.8 Å². The van der Waals surface area contributed by atoms with E-state index in [0.717, 1.165) is 5.56 Å². The molecule has 1 aliphatic rings. The Morgan fingerprint density at radius 1 is 1.09 bits per heavy atom. The lowest BCUT2D eigenvalue weighted by Crippen LogP contribution is -2.27. The van der Waals surface area contributed by atoms with E-state index < -0.39 is 5.92 Å².